The molecule has 5 rings (SSSR count). The van der Waals surface area contributed by atoms with Gasteiger partial charge in [0.15, 0.2) is 0 Å². The molecule has 3 aromatic carbocycles. The lowest BCUT2D eigenvalue weighted by Gasteiger charge is -2.25. The molecule has 1 aliphatic carbocycles. The van der Waals surface area contributed by atoms with Gasteiger partial charge in [0.25, 0.3) is 5.91 Å². The van der Waals surface area contributed by atoms with E-state index >= 15 is 0 Å². The second-order valence-electron chi connectivity index (χ2n) is 10.2. The molecule has 0 saturated heterocycles. The van der Waals surface area contributed by atoms with Crippen LogP contribution in [0.5, 0.6) is 0 Å². The first-order chi connectivity index (χ1) is 20.3. The number of hydroxylamine groups is 1. The van der Waals surface area contributed by atoms with Crippen LogP contribution in [0.3, 0.4) is 0 Å². The third-order valence-corrected chi connectivity index (χ3v) is 8.42. The monoisotopic (exact) mass is 588 g/mol. The van der Waals surface area contributed by atoms with Gasteiger partial charge in [0.2, 0.25) is 10.0 Å². The SMILES string of the molecule is CONC(=O)c1c(-c2ccc(F)cc2)oc2cc(N(CCCCC3=CCCC=C3)S(C)(=O)=O)c(-c3ccccc3)cc12. The third kappa shape index (κ3) is 6.48. The van der Waals surface area contributed by atoms with Crippen LogP contribution in [-0.2, 0) is 14.9 Å². The molecule has 1 N–H and O–H groups in total. The van der Waals surface area contributed by atoms with Crippen LogP contribution in [0.1, 0.15) is 42.5 Å². The number of fused-ring (bicyclic) bond motifs is 1. The fourth-order valence-corrected chi connectivity index (χ4v) is 6.23. The number of unbranched alkanes of at least 4 members (excludes halogenated alkanes) is 1. The molecule has 0 fully saturated rings. The minimum absolute atomic E-state index is 0.196. The third-order valence-electron chi connectivity index (χ3n) is 7.24. The Labute approximate surface area is 245 Å². The Bertz CT molecular complexity index is 1740. The Hall–Kier alpha value is -4.21. The number of anilines is 1. The first-order valence-corrected chi connectivity index (χ1v) is 15.7. The van der Waals surface area contributed by atoms with Crippen molar-refractivity contribution in [1.82, 2.24) is 5.48 Å². The number of amides is 1. The number of benzene rings is 3. The lowest BCUT2D eigenvalue weighted by atomic mass is 9.98. The summed E-state index contributed by atoms with van der Waals surface area (Å²) in [5, 5.41) is 0.468. The molecule has 1 aliphatic rings. The Morgan fingerprint density at radius 2 is 1.79 bits per heavy atom. The number of allylic oxidation sites excluding steroid dienone is 4. The lowest BCUT2D eigenvalue weighted by Crippen LogP contribution is -2.31. The molecule has 0 saturated carbocycles. The van der Waals surface area contributed by atoms with Crippen molar-refractivity contribution in [2.45, 2.75) is 32.1 Å². The summed E-state index contributed by atoms with van der Waals surface area (Å²) < 4.78 is 47.8. The smallest absolute Gasteiger partial charge is 0.279 e. The van der Waals surface area contributed by atoms with Crippen molar-refractivity contribution in [3.8, 4) is 22.5 Å². The Morgan fingerprint density at radius 1 is 1.02 bits per heavy atom. The van der Waals surface area contributed by atoms with Crippen LogP contribution in [0.2, 0.25) is 0 Å². The minimum Gasteiger partial charge on any atom is -0.455 e. The van der Waals surface area contributed by atoms with E-state index in [0.717, 1.165) is 31.2 Å². The number of halogens is 1. The van der Waals surface area contributed by atoms with Crippen LogP contribution in [0.25, 0.3) is 33.4 Å². The second-order valence-corrected chi connectivity index (χ2v) is 12.1. The summed E-state index contributed by atoms with van der Waals surface area (Å²) in [6.07, 6.45) is 12.2. The van der Waals surface area contributed by atoms with Crippen LogP contribution < -0.4 is 9.79 Å². The van der Waals surface area contributed by atoms with Crippen molar-refractivity contribution in [3.63, 3.8) is 0 Å². The maximum Gasteiger partial charge on any atom is 0.279 e. The standard InChI is InChI=1S/C33H33FN2O5S/c1-40-35-33(37)31-28-21-27(24-14-7-4-8-15-24)29(22-30(28)41-32(31)25-16-18-26(34)19-17-25)36(42(2,38)39)20-10-9-13-23-11-5-3-6-12-23/h4-5,7-8,11-12,14-19,21-22H,3,6,9-10,13,20H2,1-2H3,(H,35,37). The van der Waals surface area contributed by atoms with E-state index in [1.807, 2.05) is 30.3 Å². The largest absolute Gasteiger partial charge is 0.455 e. The van der Waals surface area contributed by atoms with Gasteiger partial charge >= 0.3 is 0 Å². The van der Waals surface area contributed by atoms with E-state index in [-0.39, 0.29) is 17.9 Å². The average molecular weight is 589 g/mol. The van der Waals surface area contributed by atoms with Gasteiger partial charge in [-0.2, -0.15) is 0 Å². The van der Waals surface area contributed by atoms with E-state index in [4.69, 9.17) is 9.25 Å². The number of hydrogen-bond donors (Lipinski definition) is 1. The summed E-state index contributed by atoms with van der Waals surface area (Å²) in [4.78, 5) is 18.1. The molecule has 0 spiro atoms. The van der Waals surface area contributed by atoms with E-state index in [1.165, 1.54) is 47.5 Å². The van der Waals surface area contributed by atoms with Crippen molar-refractivity contribution in [3.05, 3.63) is 102 Å². The summed E-state index contributed by atoms with van der Waals surface area (Å²) >= 11 is 0. The average Bonchev–Trinajstić information content (AvgIpc) is 3.36. The fraction of sp³-hybridized carbons (Fsp3) is 0.242. The van der Waals surface area contributed by atoms with Gasteiger partial charge in [-0.25, -0.2) is 18.3 Å². The van der Waals surface area contributed by atoms with Gasteiger partial charge in [-0.05, 0) is 68.0 Å². The molecule has 1 heterocycles. The molecule has 0 atom stereocenters. The van der Waals surface area contributed by atoms with Crippen molar-refractivity contribution in [1.29, 1.82) is 0 Å². The van der Waals surface area contributed by atoms with Crippen molar-refractivity contribution < 1.29 is 26.9 Å². The van der Waals surface area contributed by atoms with Gasteiger partial charge in [-0.3, -0.25) is 13.9 Å². The topological polar surface area (TPSA) is 88.8 Å². The van der Waals surface area contributed by atoms with Crippen LogP contribution in [0.4, 0.5) is 10.1 Å². The number of sulfonamides is 1. The number of rotatable bonds is 11. The molecule has 0 bridgehead atoms. The van der Waals surface area contributed by atoms with Gasteiger partial charge in [0, 0.05) is 29.1 Å². The molecular formula is C33H33FN2O5S. The van der Waals surface area contributed by atoms with Crippen molar-refractivity contribution in [2.75, 3.05) is 24.2 Å². The minimum atomic E-state index is -3.69. The Balaban J connectivity index is 1.63. The summed E-state index contributed by atoms with van der Waals surface area (Å²) in [5.74, 6) is -0.755. The Morgan fingerprint density at radius 3 is 2.45 bits per heavy atom. The van der Waals surface area contributed by atoms with Crippen molar-refractivity contribution >= 4 is 32.6 Å². The quantitative estimate of drug-likeness (QED) is 0.146. The van der Waals surface area contributed by atoms with Gasteiger partial charge in [0.1, 0.15) is 17.2 Å². The van der Waals surface area contributed by atoms with Crippen LogP contribution in [-0.4, -0.2) is 34.2 Å². The van der Waals surface area contributed by atoms with E-state index < -0.39 is 21.7 Å². The molecule has 218 valence electrons. The maximum atomic E-state index is 13.7. The lowest BCUT2D eigenvalue weighted by molar-refractivity contribution is 0.0539. The molecule has 0 unspecified atom stereocenters. The molecular weight excluding hydrogens is 555 g/mol. The first-order valence-electron chi connectivity index (χ1n) is 13.8. The predicted octanol–water partition coefficient (Wildman–Crippen LogP) is 7.41. The highest BCUT2D eigenvalue weighted by Gasteiger charge is 2.27. The van der Waals surface area contributed by atoms with E-state index in [9.17, 15) is 17.6 Å². The highest BCUT2D eigenvalue weighted by atomic mass is 32.2. The maximum absolute atomic E-state index is 13.7. The van der Waals surface area contributed by atoms with Crippen LogP contribution in [0.15, 0.2) is 94.9 Å². The Kier molecular flexibility index (Phi) is 8.89. The van der Waals surface area contributed by atoms with Crippen LogP contribution in [0, 0.1) is 5.82 Å². The number of carbonyl (C=O) groups is 1. The highest BCUT2D eigenvalue weighted by Crippen LogP contribution is 2.41. The normalized spacial score (nSPS) is 13.3. The number of nitrogens with one attached hydrogen (secondary N) is 1. The highest BCUT2D eigenvalue weighted by molar-refractivity contribution is 7.92. The van der Waals surface area contributed by atoms with Crippen LogP contribution >= 0.6 is 0 Å². The van der Waals surface area contributed by atoms with E-state index in [2.05, 4.69) is 23.7 Å². The van der Waals surface area contributed by atoms with Gasteiger partial charge < -0.3 is 4.42 Å². The van der Waals surface area contributed by atoms with Gasteiger partial charge in [-0.1, -0.05) is 54.1 Å². The summed E-state index contributed by atoms with van der Waals surface area (Å²) in [7, 11) is -2.36. The van der Waals surface area contributed by atoms with Gasteiger partial charge in [0.05, 0.1) is 24.6 Å². The molecule has 0 radical (unpaired) electrons. The molecule has 42 heavy (non-hydrogen) atoms. The zero-order valence-corrected chi connectivity index (χ0v) is 24.4. The van der Waals surface area contributed by atoms with E-state index in [0.29, 0.717) is 34.2 Å². The molecule has 1 amide bonds. The molecule has 1 aromatic heterocycles. The fourth-order valence-electron chi connectivity index (χ4n) is 5.26. The number of carbonyl (C=O) groups excluding carboxylic acids is 1. The van der Waals surface area contributed by atoms with Crippen molar-refractivity contribution in [2.24, 2.45) is 0 Å². The molecule has 7 nitrogen and oxygen atoms in total. The number of furan rings is 1. The summed E-state index contributed by atoms with van der Waals surface area (Å²) in [5.41, 5.74) is 6.50. The second kappa shape index (κ2) is 12.8. The molecule has 0 aliphatic heterocycles. The molecule has 4 aromatic rings. The number of hydrogen-bond acceptors (Lipinski definition) is 5. The van der Waals surface area contributed by atoms with Gasteiger partial charge in [-0.15, -0.1) is 0 Å². The summed E-state index contributed by atoms with van der Waals surface area (Å²) in [6, 6.07) is 18.5. The zero-order chi connectivity index (χ0) is 29.7. The molecule has 9 heteroatoms. The number of nitrogens with zero attached hydrogens (tertiary/aromatic N) is 1. The summed E-state index contributed by atoms with van der Waals surface area (Å²) in [6.45, 7) is 0.281. The predicted molar refractivity (Wildman–Crippen MR) is 164 cm³/mol. The first kappa shape index (κ1) is 29.3. The zero-order valence-electron chi connectivity index (χ0n) is 23.6. The van der Waals surface area contributed by atoms with E-state index in [1.54, 1.807) is 12.1 Å².